The van der Waals surface area contributed by atoms with Gasteiger partial charge in [-0.15, -0.1) is 0 Å². The van der Waals surface area contributed by atoms with Crippen LogP contribution in [-0.2, 0) is 0 Å². The molecule has 0 saturated heterocycles. The maximum Gasteiger partial charge on any atom is 0.0705 e. The molecular weight excluding hydrogens is 198 g/mol. The van der Waals surface area contributed by atoms with Gasteiger partial charge in [-0.3, -0.25) is 10.1 Å². The molecule has 2 aromatic heterocycles. The summed E-state index contributed by atoms with van der Waals surface area (Å²) in [5.74, 6) is 0. The van der Waals surface area contributed by atoms with E-state index in [0.717, 1.165) is 27.9 Å². The van der Waals surface area contributed by atoms with Crippen LogP contribution >= 0.6 is 0 Å². The maximum atomic E-state index is 4.50. The summed E-state index contributed by atoms with van der Waals surface area (Å²) >= 11 is 0. The Balaban J connectivity index is 2.18. The van der Waals surface area contributed by atoms with Crippen LogP contribution in [0.4, 0.5) is 0 Å². The summed E-state index contributed by atoms with van der Waals surface area (Å²) in [6, 6.07) is 12.2. The van der Waals surface area contributed by atoms with E-state index in [4.69, 9.17) is 0 Å². The second-order valence-electron chi connectivity index (χ2n) is 3.84. The van der Waals surface area contributed by atoms with E-state index in [1.54, 1.807) is 0 Å². The molecule has 0 aliphatic rings. The SMILES string of the molecule is Cc1cccc(-c2ccc3[nH]ncc3c2)n1. The van der Waals surface area contributed by atoms with Gasteiger partial charge >= 0.3 is 0 Å². The first-order valence-corrected chi connectivity index (χ1v) is 5.20. The maximum absolute atomic E-state index is 4.50. The molecule has 0 atom stereocenters. The van der Waals surface area contributed by atoms with Crippen molar-refractivity contribution in [1.82, 2.24) is 15.2 Å². The number of fused-ring (bicyclic) bond motifs is 1. The lowest BCUT2D eigenvalue weighted by molar-refractivity contribution is 1.12. The summed E-state index contributed by atoms with van der Waals surface area (Å²) in [4.78, 5) is 4.50. The van der Waals surface area contributed by atoms with Crippen molar-refractivity contribution < 1.29 is 0 Å². The van der Waals surface area contributed by atoms with Crippen LogP contribution in [-0.4, -0.2) is 15.2 Å². The zero-order valence-corrected chi connectivity index (χ0v) is 8.94. The Morgan fingerprint density at radius 3 is 2.94 bits per heavy atom. The normalized spacial score (nSPS) is 10.8. The number of aryl methyl sites for hydroxylation is 1. The highest BCUT2D eigenvalue weighted by atomic mass is 15.1. The van der Waals surface area contributed by atoms with Crippen LogP contribution in [0.5, 0.6) is 0 Å². The van der Waals surface area contributed by atoms with E-state index >= 15 is 0 Å². The molecule has 1 aromatic carbocycles. The lowest BCUT2D eigenvalue weighted by Crippen LogP contribution is -1.85. The lowest BCUT2D eigenvalue weighted by Gasteiger charge is -2.01. The highest BCUT2D eigenvalue weighted by Crippen LogP contribution is 2.21. The van der Waals surface area contributed by atoms with Crippen molar-refractivity contribution in [3.63, 3.8) is 0 Å². The molecule has 0 bridgehead atoms. The molecule has 3 aromatic rings. The number of hydrogen-bond donors (Lipinski definition) is 1. The summed E-state index contributed by atoms with van der Waals surface area (Å²) in [5.41, 5.74) is 4.21. The van der Waals surface area contributed by atoms with Gasteiger partial charge in [-0.05, 0) is 31.2 Å². The van der Waals surface area contributed by atoms with E-state index in [-0.39, 0.29) is 0 Å². The first-order chi connectivity index (χ1) is 7.83. The van der Waals surface area contributed by atoms with Crippen molar-refractivity contribution in [2.45, 2.75) is 6.92 Å². The summed E-state index contributed by atoms with van der Waals surface area (Å²) in [6.45, 7) is 2.00. The summed E-state index contributed by atoms with van der Waals surface area (Å²) in [5, 5.41) is 8.06. The van der Waals surface area contributed by atoms with Crippen LogP contribution < -0.4 is 0 Å². The van der Waals surface area contributed by atoms with E-state index in [2.05, 4.69) is 27.3 Å². The molecule has 0 unspecified atom stereocenters. The molecule has 0 fully saturated rings. The van der Waals surface area contributed by atoms with Crippen LogP contribution in [0.2, 0.25) is 0 Å². The molecule has 1 N–H and O–H groups in total. The van der Waals surface area contributed by atoms with Gasteiger partial charge in [-0.1, -0.05) is 12.1 Å². The fraction of sp³-hybridized carbons (Fsp3) is 0.0769. The smallest absolute Gasteiger partial charge is 0.0705 e. The van der Waals surface area contributed by atoms with E-state index in [0.29, 0.717) is 0 Å². The van der Waals surface area contributed by atoms with E-state index < -0.39 is 0 Å². The second-order valence-corrected chi connectivity index (χ2v) is 3.84. The molecule has 3 nitrogen and oxygen atoms in total. The highest BCUT2D eigenvalue weighted by Gasteiger charge is 2.01. The van der Waals surface area contributed by atoms with E-state index in [1.165, 1.54) is 0 Å². The number of aromatic nitrogens is 3. The zero-order chi connectivity index (χ0) is 11.0. The summed E-state index contributed by atoms with van der Waals surface area (Å²) < 4.78 is 0. The van der Waals surface area contributed by atoms with Crippen LogP contribution in [0.3, 0.4) is 0 Å². The molecule has 2 heterocycles. The van der Waals surface area contributed by atoms with Crippen LogP contribution in [0.25, 0.3) is 22.2 Å². The zero-order valence-electron chi connectivity index (χ0n) is 8.94. The first kappa shape index (κ1) is 9.09. The van der Waals surface area contributed by atoms with Gasteiger partial charge in [0.1, 0.15) is 0 Å². The molecule has 3 heteroatoms. The van der Waals surface area contributed by atoms with Crippen molar-refractivity contribution >= 4 is 10.9 Å². The van der Waals surface area contributed by atoms with Gasteiger partial charge in [0, 0.05) is 16.6 Å². The van der Waals surface area contributed by atoms with Gasteiger partial charge in [0.15, 0.2) is 0 Å². The quantitative estimate of drug-likeness (QED) is 0.669. The Hall–Kier alpha value is -2.16. The molecule has 0 radical (unpaired) electrons. The Kier molecular flexibility index (Phi) is 1.96. The molecule has 0 amide bonds. The third kappa shape index (κ3) is 1.46. The molecule has 78 valence electrons. The number of hydrogen-bond acceptors (Lipinski definition) is 2. The van der Waals surface area contributed by atoms with Crippen molar-refractivity contribution in [3.05, 3.63) is 48.3 Å². The lowest BCUT2D eigenvalue weighted by atomic mass is 10.1. The van der Waals surface area contributed by atoms with E-state index in [1.807, 2.05) is 37.4 Å². The Labute approximate surface area is 93.2 Å². The molecule has 0 aliphatic heterocycles. The number of nitrogens with zero attached hydrogens (tertiary/aromatic N) is 2. The first-order valence-electron chi connectivity index (χ1n) is 5.20. The minimum atomic E-state index is 1.00. The fourth-order valence-corrected chi connectivity index (χ4v) is 1.81. The molecule has 0 spiro atoms. The van der Waals surface area contributed by atoms with Gasteiger partial charge in [0.05, 0.1) is 17.4 Å². The average molecular weight is 209 g/mol. The van der Waals surface area contributed by atoms with Crippen molar-refractivity contribution in [1.29, 1.82) is 0 Å². The number of benzene rings is 1. The Bertz CT molecular complexity index is 640. The minimum Gasteiger partial charge on any atom is -0.278 e. The number of nitrogens with one attached hydrogen (secondary N) is 1. The molecule has 0 aliphatic carbocycles. The molecule has 0 saturated carbocycles. The van der Waals surface area contributed by atoms with Gasteiger partial charge in [0.2, 0.25) is 0 Å². The molecule has 16 heavy (non-hydrogen) atoms. The van der Waals surface area contributed by atoms with Crippen LogP contribution in [0.1, 0.15) is 5.69 Å². The van der Waals surface area contributed by atoms with Crippen LogP contribution in [0, 0.1) is 6.92 Å². The van der Waals surface area contributed by atoms with E-state index in [9.17, 15) is 0 Å². The topological polar surface area (TPSA) is 41.6 Å². The fourth-order valence-electron chi connectivity index (χ4n) is 1.81. The second kappa shape index (κ2) is 3.45. The number of pyridine rings is 1. The standard InChI is InChI=1S/C13H11N3/c1-9-3-2-4-12(15-9)10-5-6-13-11(7-10)8-14-16-13/h2-8H,1H3,(H,14,16). The molecule has 3 rings (SSSR count). The van der Waals surface area contributed by atoms with Crippen LogP contribution in [0.15, 0.2) is 42.6 Å². The monoisotopic (exact) mass is 209 g/mol. The molecular formula is C13H11N3. The Morgan fingerprint density at radius 2 is 2.06 bits per heavy atom. The van der Waals surface area contributed by atoms with Gasteiger partial charge in [0.25, 0.3) is 0 Å². The van der Waals surface area contributed by atoms with Crippen molar-refractivity contribution in [2.24, 2.45) is 0 Å². The minimum absolute atomic E-state index is 1.00. The number of H-pyrrole nitrogens is 1. The van der Waals surface area contributed by atoms with Gasteiger partial charge in [-0.25, -0.2) is 0 Å². The van der Waals surface area contributed by atoms with Gasteiger partial charge < -0.3 is 0 Å². The third-order valence-corrected chi connectivity index (χ3v) is 2.62. The van der Waals surface area contributed by atoms with Crippen molar-refractivity contribution in [3.8, 4) is 11.3 Å². The summed E-state index contributed by atoms with van der Waals surface area (Å²) in [7, 11) is 0. The van der Waals surface area contributed by atoms with Crippen molar-refractivity contribution in [2.75, 3.05) is 0 Å². The van der Waals surface area contributed by atoms with Gasteiger partial charge in [-0.2, -0.15) is 5.10 Å². The average Bonchev–Trinajstić information content (AvgIpc) is 2.75. The largest absolute Gasteiger partial charge is 0.278 e. The number of rotatable bonds is 1. The number of aromatic amines is 1. The third-order valence-electron chi connectivity index (χ3n) is 2.62. The Morgan fingerprint density at radius 1 is 1.12 bits per heavy atom. The summed E-state index contributed by atoms with van der Waals surface area (Å²) in [6.07, 6.45) is 1.83. The highest BCUT2D eigenvalue weighted by molar-refractivity contribution is 5.83. The predicted molar refractivity (Wildman–Crippen MR) is 64.1 cm³/mol. The predicted octanol–water partition coefficient (Wildman–Crippen LogP) is 2.93.